The van der Waals surface area contributed by atoms with Crippen LogP contribution in [0.5, 0.6) is 0 Å². The van der Waals surface area contributed by atoms with Gasteiger partial charge in [0.1, 0.15) is 6.04 Å². The van der Waals surface area contributed by atoms with E-state index >= 15 is 0 Å². The normalized spacial score (nSPS) is 36.7. The van der Waals surface area contributed by atoms with E-state index in [1.54, 1.807) is 0 Å². The van der Waals surface area contributed by atoms with Crippen LogP contribution < -0.4 is 11.1 Å². The van der Waals surface area contributed by atoms with Gasteiger partial charge in [-0.25, -0.2) is 0 Å². The molecular formula is C12H21N3O3. The molecule has 0 aromatic rings. The summed E-state index contributed by atoms with van der Waals surface area (Å²) in [6.45, 7) is 3.65. The lowest BCUT2D eigenvalue weighted by molar-refractivity contribution is -0.146. The Kier molecular flexibility index (Phi) is 3.59. The van der Waals surface area contributed by atoms with Crippen molar-refractivity contribution in [2.24, 2.45) is 11.1 Å². The van der Waals surface area contributed by atoms with Crippen LogP contribution in [-0.2, 0) is 9.59 Å². The molecule has 2 fully saturated rings. The highest BCUT2D eigenvalue weighted by Gasteiger charge is 2.45. The van der Waals surface area contributed by atoms with Gasteiger partial charge in [0.2, 0.25) is 11.8 Å². The van der Waals surface area contributed by atoms with E-state index in [1.807, 2.05) is 6.92 Å². The van der Waals surface area contributed by atoms with Gasteiger partial charge >= 0.3 is 0 Å². The number of hydrogen-bond acceptors (Lipinski definition) is 4. The molecule has 0 aromatic heterocycles. The number of hydrogen-bond donors (Lipinski definition) is 3. The number of likely N-dealkylation sites (tertiary alicyclic amines) is 1. The van der Waals surface area contributed by atoms with Gasteiger partial charge in [0.05, 0.1) is 11.5 Å². The van der Waals surface area contributed by atoms with E-state index < -0.39 is 23.5 Å². The van der Waals surface area contributed by atoms with Crippen LogP contribution in [0, 0.1) is 5.41 Å². The van der Waals surface area contributed by atoms with Crippen LogP contribution in [0.2, 0.25) is 0 Å². The van der Waals surface area contributed by atoms with Crippen LogP contribution in [0.15, 0.2) is 0 Å². The molecule has 2 aliphatic heterocycles. The molecule has 0 aromatic carbocycles. The van der Waals surface area contributed by atoms with Crippen molar-refractivity contribution in [2.75, 3.05) is 19.6 Å². The number of carbonyl (C=O) groups excluding carboxylic acids is 2. The number of nitrogens with zero attached hydrogens (tertiary/aromatic N) is 1. The molecule has 102 valence electrons. The predicted octanol–water partition coefficient (Wildman–Crippen LogP) is -1.18. The topological polar surface area (TPSA) is 95.7 Å². The first-order valence-electron chi connectivity index (χ1n) is 6.43. The van der Waals surface area contributed by atoms with E-state index in [0.717, 1.165) is 19.4 Å². The van der Waals surface area contributed by atoms with Gasteiger partial charge in [-0.3, -0.25) is 9.59 Å². The number of piperidine rings is 1. The summed E-state index contributed by atoms with van der Waals surface area (Å²) in [6, 6.07) is -0.661. The van der Waals surface area contributed by atoms with Crippen molar-refractivity contribution < 1.29 is 14.7 Å². The van der Waals surface area contributed by atoms with Crippen LogP contribution in [0.4, 0.5) is 0 Å². The highest BCUT2D eigenvalue weighted by molar-refractivity contribution is 5.90. The van der Waals surface area contributed by atoms with Crippen molar-refractivity contribution in [2.45, 2.75) is 38.3 Å². The zero-order valence-electron chi connectivity index (χ0n) is 10.7. The number of nitrogens with one attached hydrogen (secondary N) is 1. The average Bonchev–Trinajstić information content (AvgIpc) is 2.71. The van der Waals surface area contributed by atoms with Crippen molar-refractivity contribution in [3.63, 3.8) is 0 Å². The summed E-state index contributed by atoms with van der Waals surface area (Å²) in [5.41, 5.74) is 4.81. The number of carbonyl (C=O) groups is 2. The largest absolute Gasteiger partial charge is 0.391 e. The minimum absolute atomic E-state index is 0.0740. The van der Waals surface area contributed by atoms with Crippen LogP contribution in [0.25, 0.3) is 0 Å². The standard InChI is InChI=1S/C12H21N3O3/c1-12(3-2-4-14-7-12)11(18)15-6-8(16)5-9(15)10(13)17/h8-9,14,16H,2-7H2,1H3,(H2,13,17). The van der Waals surface area contributed by atoms with Gasteiger partial charge in [-0.2, -0.15) is 0 Å². The fourth-order valence-electron chi connectivity index (χ4n) is 2.89. The SMILES string of the molecule is CC1(C(=O)N2CC(O)CC2C(N)=O)CCCNC1. The number of rotatable bonds is 2. The van der Waals surface area contributed by atoms with Crippen molar-refractivity contribution in [1.82, 2.24) is 10.2 Å². The lowest BCUT2D eigenvalue weighted by Gasteiger charge is -2.37. The summed E-state index contributed by atoms with van der Waals surface area (Å²) in [5, 5.41) is 12.8. The highest BCUT2D eigenvalue weighted by atomic mass is 16.3. The summed E-state index contributed by atoms with van der Waals surface area (Å²) in [6.07, 6.45) is 1.35. The molecule has 2 heterocycles. The van der Waals surface area contributed by atoms with Crippen LogP contribution in [0.1, 0.15) is 26.2 Å². The third-order valence-corrected chi connectivity index (χ3v) is 3.98. The number of aliphatic hydroxyl groups excluding tert-OH is 1. The van der Waals surface area contributed by atoms with Crippen molar-refractivity contribution >= 4 is 11.8 Å². The molecular weight excluding hydrogens is 234 g/mol. The summed E-state index contributed by atoms with van der Waals surface area (Å²) in [7, 11) is 0. The first-order chi connectivity index (χ1) is 8.44. The molecule has 0 radical (unpaired) electrons. The van der Waals surface area contributed by atoms with Gasteiger partial charge in [0.25, 0.3) is 0 Å². The van der Waals surface area contributed by atoms with Gasteiger partial charge in [0, 0.05) is 19.5 Å². The van der Waals surface area contributed by atoms with Gasteiger partial charge in [-0.1, -0.05) is 0 Å². The van der Waals surface area contributed by atoms with E-state index in [9.17, 15) is 14.7 Å². The average molecular weight is 255 g/mol. The number of β-amino-alcohol motifs (C(OH)–C–C–N with tert-alkyl or cyclic N) is 1. The van der Waals surface area contributed by atoms with E-state index in [2.05, 4.69) is 5.32 Å². The molecule has 2 amide bonds. The Labute approximate surface area is 107 Å². The molecule has 18 heavy (non-hydrogen) atoms. The number of primary amides is 1. The molecule has 3 atom stereocenters. The second-order valence-electron chi connectivity index (χ2n) is 5.61. The fourth-order valence-corrected chi connectivity index (χ4v) is 2.89. The van der Waals surface area contributed by atoms with Crippen molar-refractivity contribution in [1.29, 1.82) is 0 Å². The lowest BCUT2D eigenvalue weighted by Crippen LogP contribution is -2.54. The van der Waals surface area contributed by atoms with Gasteiger partial charge in [-0.15, -0.1) is 0 Å². The number of amides is 2. The third-order valence-electron chi connectivity index (χ3n) is 3.98. The molecule has 0 spiro atoms. The molecule has 0 saturated carbocycles. The minimum atomic E-state index is -0.661. The Balaban J connectivity index is 2.14. The van der Waals surface area contributed by atoms with Gasteiger partial charge in [0.15, 0.2) is 0 Å². The second-order valence-corrected chi connectivity index (χ2v) is 5.61. The molecule has 0 bridgehead atoms. The molecule has 2 rings (SSSR count). The quantitative estimate of drug-likeness (QED) is 0.579. The van der Waals surface area contributed by atoms with Crippen LogP contribution >= 0.6 is 0 Å². The molecule has 2 saturated heterocycles. The Morgan fingerprint density at radius 2 is 2.22 bits per heavy atom. The molecule has 6 heteroatoms. The number of nitrogens with two attached hydrogens (primary N) is 1. The summed E-state index contributed by atoms with van der Waals surface area (Å²) < 4.78 is 0. The van der Waals surface area contributed by atoms with Gasteiger partial charge in [-0.05, 0) is 26.3 Å². The van der Waals surface area contributed by atoms with Crippen molar-refractivity contribution in [3.8, 4) is 0 Å². The van der Waals surface area contributed by atoms with E-state index in [0.29, 0.717) is 6.54 Å². The summed E-state index contributed by atoms with van der Waals surface area (Å²) >= 11 is 0. The predicted molar refractivity (Wildman–Crippen MR) is 65.5 cm³/mol. The molecule has 3 unspecified atom stereocenters. The highest BCUT2D eigenvalue weighted by Crippen LogP contribution is 2.31. The molecule has 2 aliphatic rings. The fraction of sp³-hybridized carbons (Fsp3) is 0.833. The Hall–Kier alpha value is -1.14. The second kappa shape index (κ2) is 4.85. The summed E-state index contributed by atoms with van der Waals surface area (Å²) in [4.78, 5) is 25.4. The van der Waals surface area contributed by atoms with E-state index in [-0.39, 0.29) is 18.9 Å². The van der Waals surface area contributed by atoms with E-state index in [1.165, 1.54) is 4.90 Å². The van der Waals surface area contributed by atoms with Crippen LogP contribution in [-0.4, -0.2) is 53.6 Å². The zero-order valence-corrected chi connectivity index (χ0v) is 10.7. The molecule has 4 N–H and O–H groups in total. The lowest BCUT2D eigenvalue weighted by atomic mass is 9.81. The molecule has 6 nitrogen and oxygen atoms in total. The van der Waals surface area contributed by atoms with E-state index in [4.69, 9.17) is 5.73 Å². The maximum absolute atomic E-state index is 12.5. The summed E-state index contributed by atoms with van der Waals surface area (Å²) in [5.74, 6) is -0.609. The zero-order chi connectivity index (χ0) is 13.3. The molecule has 0 aliphatic carbocycles. The Morgan fingerprint density at radius 3 is 2.78 bits per heavy atom. The maximum atomic E-state index is 12.5. The number of aliphatic hydroxyl groups is 1. The monoisotopic (exact) mass is 255 g/mol. The smallest absolute Gasteiger partial charge is 0.240 e. The third kappa shape index (κ3) is 2.35. The van der Waals surface area contributed by atoms with Crippen LogP contribution in [0.3, 0.4) is 0 Å². The van der Waals surface area contributed by atoms with Gasteiger partial charge < -0.3 is 21.1 Å². The maximum Gasteiger partial charge on any atom is 0.240 e. The first kappa shape index (κ1) is 13.3. The minimum Gasteiger partial charge on any atom is -0.391 e. The first-order valence-corrected chi connectivity index (χ1v) is 6.43. The van der Waals surface area contributed by atoms with Crippen molar-refractivity contribution in [3.05, 3.63) is 0 Å². The Bertz CT molecular complexity index is 352. The Morgan fingerprint density at radius 1 is 1.50 bits per heavy atom.